The summed E-state index contributed by atoms with van der Waals surface area (Å²) in [5, 5.41) is 12.3. The molecule has 7 heteroatoms. The van der Waals surface area contributed by atoms with Crippen molar-refractivity contribution in [2.45, 2.75) is 0 Å². The second-order valence-corrected chi connectivity index (χ2v) is 1.25. The van der Waals surface area contributed by atoms with E-state index in [1.807, 2.05) is 0 Å². The molecule has 0 amide bonds. The van der Waals surface area contributed by atoms with Crippen LogP contribution in [0.25, 0.3) is 0 Å². The molecule has 0 aliphatic rings. The predicted octanol–water partition coefficient (Wildman–Crippen LogP) is -1.10. The Balaban J connectivity index is 3.08. The highest BCUT2D eigenvalue weighted by molar-refractivity contribution is 5.09. The lowest BCUT2D eigenvalue weighted by Gasteiger charge is -1.88. The van der Waals surface area contributed by atoms with Crippen LogP contribution in [-0.4, -0.2) is 19.9 Å². The van der Waals surface area contributed by atoms with Crippen LogP contribution >= 0.6 is 0 Å². The van der Waals surface area contributed by atoms with E-state index in [9.17, 15) is 10.1 Å². The van der Waals surface area contributed by atoms with Crippen LogP contribution in [0.5, 0.6) is 0 Å². The molecule has 0 aliphatic heterocycles. The second kappa shape index (κ2) is 1.69. The van der Waals surface area contributed by atoms with Crippen molar-refractivity contribution in [2.24, 2.45) is 0 Å². The minimum Gasteiger partial charge on any atom is -0.363 e. The summed E-state index contributed by atoms with van der Waals surface area (Å²) in [6, 6.07) is 0. The van der Waals surface area contributed by atoms with Gasteiger partial charge < -0.3 is 15.8 Å². The summed E-state index contributed by atoms with van der Waals surface area (Å²) < 4.78 is 0. The Morgan fingerprint density at radius 2 is 2.56 bits per heavy atom. The Hall–Kier alpha value is -1.66. The first-order chi connectivity index (χ1) is 4.22. The van der Waals surface area contributed by atoms with Crippen molar-refractivity contribution in [3.63, 3.8) is 0 Å². The van der Waals surface area contributed by atoms with E-state index < -0.39 is 5.03 Å². The molecule has 0 bridgehead atoms. The molecule has 0 saturated carbocycles. The van der Waals surface area contributed by atoms with Gasteiger partial charge in [-0.15, -0.1) is 0 Å². The van der Waals surface area contributed by atoms with Gasteiger partial charge in [-0.25, -0.2) is 0 Å². The van der Waals surface area contributed by atoms with E-state index in [1.54, 1.807) is 0 Å². The third-order valence-electron chi connectivity index (χ3n) is 0.711. The highest BCUT2D eigenvalue weighted by atomic mass is 16.7. The number of anilines is 1. The topological polar surface area (TPSA) is 99.9 Å². The van der Waals surface area contributed by atoms with Crippen LogP contribution in [0.4, 0.5) is 5.95 Å². The fourth-order valence-corrected chi connectivity index (χ4v) is 0.370. The molecule has 0 atom stereocenters. The van der Waals surface area contributed by atoms with Crippen molar-refractivity contribution < 1.29 is 5.03 Å². The van der Waals surface area contributed by atoms with E-state index in [2.05, 4.69) is 10.1 Å². The van der Waals surface area contributed by atoms with Gasteiger partial charge in [-0.3, -0.25) is 0 Å². The Kier molecular flexibility index (Phi) is 1.03. The quantitative estimate of drug-likeness (QED) is 0.383. The molecule has 0 fully saturated rings. The van der Waals surface area contributed by atoms with E-state index >= 15 is 0 Å². The SMILES string of the molecule is Nc1ncnn1[N+](=O)[O-]. The van der Waals surface area contributed by atoms with Crippen molar-refractivity contribution in [2.75, 3.05) is 5.73 Å². The molecule has 0 unspecified atom stereocenters. The van der Waals surface area contributed by atoms with Gasteiger partial charge in [-0.2, -0.15) is 4.98 Å². The van der Waals surface area contributed by atoms with E-state index in [-0.39, 0.29) is 5.95 Å². The van der Waals surface area contributed by atoms with Crippen LogP contribution in [-0.2, 0) is 0 Å². The lowest BCUT2D eigenvalue weighted by Crippen LogP contribution is -2.13. The van der Waals surface area contributed by atoms with Gasteiger partial charge in [-0.1, -0.05) is 0 Å². The summed E-state index contributed by atoms with van der Waals surface area (Å²) in [4.78, 5) is 13.6. The summed E-state index contributed by atoms with van der Waals surface area (Å²) in [6.07, 6.45) is 1.01. The van der Waals surface area contributed by atoms with E-state index in [0.717, 1.165) is 6.33 Å². The predicted molar refractivity (Wildman–Crippen MR) is 26.8 cm³/mol. The molecule has 1 heterocycles. The minimum atomic E-state index is -0.762. The summed E-state index contributed by atoms with van der Waals surface area (Å²) in [5.41, 5.74) is 4.99. The van der Waals surface area contributed by atoms with E-state index in [0.29, 0.717) is 4.79 Å². The maximum atomic E-state index is 9.87. The molecule has 1 rings (SSSR count). The molecule has 2 N–H and O–H groups in total. The van der Waals surface area contributed by atoms with Gasteiger partial charge in [0.05, 0.1) is 14.9 Å². The Labute approximate surface area is 49.2 Å². The number of rotatable bonds is 1. The number of hydrogen-bond acceptors (Lipinski definition) is 5. The smallest absolute Gasteiger partial charge is 0.290 e. The van der Waals surface area contributed by atoms with E-state index in [1.165, 1.54) is 0 Å². The molecule has 1 aromatic rings. The average molecular weight is 129 g/mol. The number of nitrogen functional groups attached to an aromatic ring is 1. The number of nitro groups is 1. The molecule has 48 valence electrons. The molecule has 1 aromatic heterocycles. The van der Waals surface area contributed by atoms with Crippen molar-refractivity contribution in [1.29, 1.82) is 0 Å². The minimum absolute atomic E-state index is 0.222. The molecular formula is C2H3N5O2. The van der Waals surface area contributed by atoms with Crippen LogP contribution in [0.15, 0.2) is 6.33 Å². The maximum absolute atomic E-state index is 9.87. The molecule has 9 heavy (non-hydrogen) atoms. The highest BCUT2D eigenvalue weighted by Gasteiger charge is 2.06. The normalized spacial score (nSPS) is 9.33. The zero-order valence-corrected chi connectivity index (χ0v) is 4.26. The van der Waals surface area contributed by atoms with Gasteiger partial charge in [0.15, 0.2) is 0 Å². The first-order valence-corrected chi connectivity index (χ1v) is 2.02. The van der Waals surface area contributed by atoms with Crippen LogP contribution in [0.3, 0.4) is 0 Å². The van der Waals surface area contributed by atoms with E-state index in [4.69, 9.17) is 5.73 Å². The van der Waals surface area contributed by atoms with Gasteiger partial charge >= 0.3 is 0 Å². The van der Waals surface area contributed by atoms with Crippen molar-refractivity contribution >= 4 is 5.95 Å². The molecule has 0 saturated heterocycles. The third-order valence-corrected chi connectivity index (χ3v) is 0.711. The molecule has 7 nitrogen and oxygen atoms in total. The summed E-state index contributed by atoms with van der Waals surface area (Å²) in [6.45, 7) is 0. The van der Waals surface area contributed by atoms with Crippen LogP contribution in [0.2, 0.25) is 0 Å². The number of nitrogens with zero attached hydrogens (tertiary/aromatic N) is 4. The average Bonchev–Trinajstić information content (AvgIpc) is 2.13. The Morgan fingerprint density at radius 3 is 2.78 bits per heavy atom. The fraction of sp³-hybridized carbons (Fsp3) is 0. The van der Waals surface area contributed by atoms with Crippen LogP contribution < -0.4 is 5.73 Å². The van der Waals surface area contributed by atoms with Gasteiger partial charge in [0.2, 0.25) is 0 Å². The zero-order chi connectivity index (χ0) is 6.85. The monoisotopic (exact) mass is 129 g/mol. The van der Waals surface area contributed by atoms with Crippen LogP contribution in [0, 0.1) is 10.1 Å². The van der Waals surface area contributed by atoms with Crippen LogP contribution in [0.1, 0.15) is 0 Å². The first kappa shape index (κ1) is 5.48. The lowest BCUT2D eigenvalue weighted by molar-refractivity contribution is -0.550. The summed E-state index contributed by atoms with van der Waals surface area (Å²) in [5.74, 6) is -0.222. The molecule has 0 aliphatic carbocycles. The molecular weight excluding hydrogens is 126 g/mol. The zero-order valence-electron chi connectivity index (χ0n) is 4.26. The second-order valence-electron chi connectivity index (χ2n) is 1.25. The largest absolute Gasteiger partial charge is 0.363 e. The maximum Gasteiger partial charge on any atom is 0.290 e. The van der Waals surface area contributed by atoms with Crippen molar-refractivity contribution in [3.8, 4) is 0 Å². The van der Waals surface area contributed by atoms with Crippen molar-refractivity contribution in [1.82, 2.24) is 14.9 Å². The lowest BCUT2D eigenvalue weighted by atomic mass is 11.1. The summed E-state index contributed by atoms with van der Waals surface area (Å²) in [7, 11) is 0. The number of aromatic nitrogens is 3. The van der Waals surface area contributed by atoms with Gasteiger partial charge in [0, 0.05) is 0 Å². The molecule has 0 spiro atoms. The highest BCUT2D eigenvalue weighted by Crippen LogP contribution is 1.90. The van der Waals surface area contributed by atoms with Crippen molar-refractivity contribution in [3.05, 3.63) is 16.4 Å². The Morgan fingerprint density at radius 1 is 1.89 bits per heavy atom. The van der Waals surface area contributed by atoms with Gasteiger partial charge in [-0.05, 0) is 0 Å². The summed E-state index contributed by atoms with van der Waals surface area (Å²) >= 11 is 0. The number of nitrogens with two attached hydrogens (primary N) is 1. The standard InChI is InChI=1S/C2H3N5O2/c3-2-4-1-5-6(2)7(8)9/h1H,(H2,3,4,5). The molecule has 0 radical (unpaired) electrons. The third kappa shape index (κ3) is 0.784. The fourth-order valence-electron chi connectivity index (χ4n) is 0.370. The Bertz CT molecular complexity index is 229. The van der Waals surface area contributed by atoms with Gasteiger partial charge in [0.25, 0.3) is 12.3 Å². The number of hydrogen-bond donors (Lipinski definition) is 1. The van der Waals surface area contributed by atoms with Gasteiger partial charge in [0.1, 0.15) is 0 Å². The molecule has 0 aromatic carbocycles. The first-order valence-electron chi connectivity index (χ1n) is 2.02.